The van der Waals surface area contributed by atoms with E-state index in [9.17, 15) is 8.60 Å². The number of anilines is 1. The predicted molar refractivity (Wildman–Crippen MR) is 82.7 cm³/mol. The van der Waals surface area contributed by atoms with Crippen LogP contribution in [0.5, 0.6) is 0 Å². The molecule has 1 atom stereocenters. The molecule has 0 bridgehead atoms. The van der Waals surface area contributed by atoms with Crippen LogP contribution in [0.15, 0.2) is 59.6 Å². The average Bonchev–Trinajstić information content (AvgIpc) is 2.47. The van der Waals surface area contributed by atoms with E-state index in [1.54, 1.807) is 6.20 Å². The Kier molecular flexibility index (Phi) is 3.66. The second-order valence-corrected chi connectivity index (χ2v) is 6.08. The zero-order valence-electron chi connectivity index (χ0n) is 11.1. The lowest BCUT2D eigenvalue weighted by molar-refractivity contribution is 0.627. The van der Waals surface area contributed by atoms with Crippen LogP contribution < -0.4 is 5.73 Å². The summed E-state index contributed by atoms with van der Waals surface area (Å²) in [7, 11) is -1.34. The summed E-state index contributed by atoms with van der Waals surface area (Å²) in [6.07, 6.45) is 1.71. The maximum absolute atomic E-state index is 13.1. The number of para-hydroxylation sites is 1. The first kappa shape index (κ1) is 13.7. The highest BCUT2D eigenvalue weighted by Gasteiger charge is 2.12. The minimum Gasteiger partial charge on any atom is -0.398 e. The number of nitrogens with zero attached hydrogens (tertiary/aromatic N) is 1. The number of hydrogen-bond acceptors (Lipinski definition) is 3. The number of nitrogen functional groups attached to an aromatic ring is 1. The lowest BCUT2D eigenvalue weighted by Gasteiger charge is -2.08. The molecule has 0 aliphatic carbocycles. The lowest BCUT2D eigenvalue weighted by Crippen LogP contribution is -2.02. The minimum atomic E-state index is -1.34. The van der Waals surface area contributed by atoms with E-state index >= 15 is 0 Å². The van der Waals surface area contributed by atoms with E-state index in [4.69, 9.17) is 5.73 Å². The Labute approximate surface area is 124 Å². The summed E-state index contributed by atoms with van der Waals surface area (Å²) < 4.78 is 25.5. The second kappa shape index (κ2) is 5.61. The number of rotatable bonds is 3. The van der Waals surface area contributed by atoms with E-state index in [0.717, 1.165) is 16.5 Å². The van der Waals surface area contributed by atoms with Gasteiger partial charge >= 0.3 is 0 Å². The van der Waals surface area contributed by atoms with Gasteiger partial charge in [0.25, 0.3) is 0 Å². The van der Waals surface area contributed by atoms with Crippen molar-refractivity contribution >= 4 is 27.4 Å². The van der Waals surface area contributed by atoms with Crippen LogP contribution in [0, 0.1) is 5.82 Å². The molecule has 0 radical (unpaired) electrons. The molecule has 0 amide bonds. The summed E-state index contributed by atoms with van der Waals surface area (Å²) in [5.74, 6) is -0.135. The van der Waals surface area contributed by atoms with Gasteiger partial charge in [-0.1, -0.05) is 24.3 Å². The van der Waals surface area contributed by atoms with Crippen LogP contribution in [0.1, 0.15) is 5.56 Å². The number of benzene rings is 2. The van der Waals surface area contributed by atoms with Crippen LogP contribution in [0.2, 0.25) is 0 Å². The quantitative estimate of drug-likeness (QED) is 0.755. The molecule has 106 valence electrons. The van der Waals surface area contributed by atoms with Gasteiger partial charge in [0.15, 0.2) is 0 Å². The van der Waals surface area contributed by atoms with Crippen molar-refractivity contribution in [3.63, 3.8) is 0 Å². The first-order chi connectivity index (χ1) is 10.1. The zero-order valence-corrected chi connectivity index (χ0v) is 11.9. The fourth-order valence-corrected chi connectivity index (χ4v) is 3.44. The fourth-order valence-electron chi connectivity index (χ4n) is 2.23. The van der Waals surface area contributed by atoms with E-state index in [1.165, 1.54) is 18.2 Å². The minimum absolute atomic E-state index is 0.210. The Morgan fingerprint density at radius 3 is 2.76 bits per heavy atom. The molecule has 3 rings (SSSR count). The highest BCUT2D eigenvalue weighted by atomic mass is 32.2. The molecule has 1 unspecified atom stereocenters. The van der Waals surface area contributed by atoms with Gasteiger partial charge in [0.2, 0.25) is 0 Å². The summed E-state index contributed by atoms with van der Waals surface area (Å²) in [6.45, 7) is 0. The summed E-state index contributed by atoms with van der Waals surface area (Å²) in [4.78, 5) is 4.79. The molecular weight excluding hydrogens is 287 g/mol. The van der Waals surface area contributed by atoms with Crippen molar-refractivity contribution in [1.29, 1.82) is 0 Å². The van der Waals surface area contributed by atoms with Gasteiger partial charge in [0.1, 0.15) is 5.82 Å². The summed E-state index contributed by atoms with van der Waals surface area (Å²) in [5, 5.41) is 0.999. The maximum Gasteiger partial charge on any atom is 0.125 e. The van der Waals surface area contributed by atoms with Crippen LogP contribution in [0.25, 0.3) is 10.9 Å². The zero-order chi connectivity index (χ0) is 14.8. The second-order valence-electron chi connectivity index (χ2n) is 4.66. The standard InChI is InChI=1S/C16H13FN2OS/c17-13-6-7-15(14(18)9-13)21(20)10-12-4-1-3-11-5-2-8-19-16(11)12/h1-9H,10,18H2. The van der Waals surface area contributed by atoms with Crippen molar-refractivity contribution in [3.05, 3.63) is 66.1 Å². The van der Waals surface area contributed by atoms with Gasteiger partial charge in [-0.15, -0.1) is 0 Å². The van der Waals surface area contributed by atoms with E-state index in [0.29, 0.717) is 10.6 Å². The molecule has 0 saturated heterocycles. The Balaban J connectivity index is 1.97. The van der Waals surface area contributed by atoms with Gasteiger partial charge in [-0.05, 0) is 29.8 Å². The SMILES string of the molecule is Nc1cc(F)ccc1S(=O)Cc1cccc2cccnc12. The van der Waals surface area contributed by atoms with Gasteiger partial charge in [-0.25, -0.2) is 4.39 Å². The Bertz CT molecular complexity index is 830. The first-order valence-corrected chi connectivity index (χ1v) is 7.73. The topological polar surface area (TPSA) is 56.0 Å². The van der Waals surface area contributed by atoms with Gasteiger partial charge in [0.05, 0.1) is 32.7 Å². The monoisotopic (exact) mass is 300 g/mol. The van der Waals surface area contributed by atoms with Crippen molar-refractivity contribution in [3.8, 4) is 0 Å². The largest absolute Gasteiger partial charge is 0.398 e. The Hall–Kier alpha value is -2.27. The van der Waals surface area contributed by atoms with E-state index in [1.807, 2.05) is 30.3 Å². The van der Waals surface area contributed by atoms with E-state index in [-0.39, 0.29) is 5.69 Å². The molecule has 2 N–H and O–H groups in total. The third-order valence-corrected chi connectivity index (χ3v) is 4.66. The van der Waals surface area contributed by atoms with Gasteiger partial charge < -0.3 is 5.73 Å². The number of nitrogens with two attached hydrogens (primary N) is 1. The van der Waals surface area contributed by atoms with Gasteiger partial charge in [0, 0.05) is 11.6 Å². The lowest BCUT2D eigenvalue weighted by atomic mass is 10.1. The Morgan fingerprint density at radius 1 is 1.14 bits per heavy atom. The molecule has 0 aliphatic heterocycles. The summed E-state index contributed by atoms with van der Waals surface area (Å²) in [5.41, 5.74) is 7.66. The summed E-state index contributed by atoms with van der Waals surface area (Å²) in [6, 6.07) is 13.5. The van der Waals surface area contributed by atoms with Crippen LogP contribution in [0.3, 0.4) is 0 Å². The number of halogens is 1. The van der Waals surface area contributed by atoms with Crippen LogP contribution >= 0.6 is 0 Å². The van der Waals surface area contributed by atoms with Crippen LogP contribution in [0.4, 0.5) is 10.1 Å². The van der Waals surface area contributed by atoms with E-state index < -0.39 is 16.6 Å². The van der Waals surface area contributed by atoms with Gasteiger partial charge in [-0.3, -0.25) is 9.19 Å². The summed E-state index contributed by atoms with van der Waals surface area (Å²) >= 11 is 0. The van der Waals surface area contributed by atoms with Gasteiger partial charge in [-0.2, -0.15) is 0 Å². The molecule has 2 aromatic carbocycles. The third-order valence-electron chi connectivity index (χ3n) is 3.22. The third kappa shape index (κ3) is 2.78. The highest BCUT2D eigenvalue weighted by molar-refractivity contribution is 7.84. The number of aromatic nitrogens is 1. The van der Waals surface area contributed by atoms with Crippen LogP contribution in [-0.2, 0) is 16.6 Å². The van der Waals surface area contributed by atoms with Crippen molar-refractivity contribution < 1.29 is 8.60 Å². The first-order valence-electron chi connectivity index (χ1n) is 6.41. The number of pyridine rings is 1. The molecule has 3 nitrogen and oxygen atoms in total. The average molecular weight is 300 g/mol. The van der Waals surface area contributed by atoms with Crippen molar-refractivity contribution in [2.45, 2.75) is 10.6 Å². The highest BCUT2D eigenvalue weighted by Crippen LogP contribution is 2.23. The molecule has 5 heteroatoms. The molecule has 0 aliphatic rings. The van der Waals surface area contributed by atoms with Crippen molar-refractivity contribution in [2.75, 3.05) is 5.73 Å². The molecule has 1 aromatic heterocycles. The van der Waals surface area contributed by atoms with Crippen LogP contribution in [-0.4, -0.2) is 9.19 Å². The number of hydrogen-bond donors (Lipinski definition) is 1. The molecule has 0 fully saturated rings. The van der Waals surface area contributed by atoms with Crippen molar-refractivity contribution in [1.82, 2.24) is 4.98 Å². The smallest absolute Gasteiger partial charge is 0.125 e. The fraction of sp³-hybridized carbons (Fsp3) is 0.0625. The molecule has 1 heterocycles. The Morgan fingerprint density at radius 2 is 1.95 bits per heavy atom. The van der Waals surface area contributed by atoms with E-state index in [2.05, 4.69) is 4.98 Å². The molecular formula is C16H13FN2OS. The molecule has 0 saturated carbocycles. The number of fused-ring (bicyclic) bond motifs is 1. The molecule has 0 spiro atoms. The predicted octanol–water partition coefficient (Wildman–Crippen LogP) is 3.26. The molecule has 21 heavy (non-hydrogen) atoms. The maximum atomic E-state index is 13.1. The normalized spacial score (nSPS) is 12.4. The van der Waals surface area contributed by atoms with Crippen molar-refractivity contribution in [2.24, 2.45) is 0 Å². The molecule has 3 aromatic rings.